The lowest BCUT2D eigenvalue weighted by atomic mass is 10.1. The van der Waals surface area contributed by atoms with Gasteiger partial charge in [-0.1, -0.05) is 35.5 Å². The van der Waals surface area contributed by atoms with Crippen molar-refractivity contribution in [2.24, 2.45) is 5.73 Å². The Bertz CT molecular complexity index is 473. The SMILES string of the molecule is Cc1noc(C)c1CNCC(N)c1ccccc1. The lowest BCUT2D eigenvalue weighted by Crippen LogP contribution is -2.26. The summed E-state index contributed by atoms with van der Waals surface area (Å²) in [6.45, 7) is 5.34. The molecule has 0 saturated heterocycles. The van der Waals surface area contributed by atoms with Crippen LogP contribution in [0.2, 0.25) is 0 Å². The fourth-order valence-electron chi connectivity index (χ4n) is 1.93. The molecule has 4 heteroatoms. The molecule has 0 amide bonds. The zero-order chi connectivity index (χ0) is 13.0. The van der Waals surface area contributed by atoms with E-state index in [2.05, 4.69) is 10.5 Å². The zero-order valence-corrected chi connectivity index (χ0v) is 10.8. The van der Waals surface area contributed by atoms with Crippen molar-refractivity contribution in [3.8, 4) is 0 Å². The minimum absolute atomic E-state index is 0.00618. The second kappa shape index (κ2) is 5.80. The van der Waals surface area contributed by atoms with Crippen LogP contribution in [-0.2, 0) is 6.54 Å². The summed E-state index contributed by atoms with van der Waals surface area (Å²) in [5.41, 5.74) is 9.31. The number of benzene rings is 1. The highest BCUT2D eigenvalue weighted by Crippen LogP contribution is 2.12. The molecule has 3 N–H and O–H groups in total. The molecule has 0 fully saturated rings. The average molecular weight is 245 g/mol. The van der Waals surface area contributed by atoms with Gasteiger partial charge in [0.25, 0.3) is 0 Å². The van der Waals surface area contributed by atoms with Crippen LogP contribution in [0.15, 0.2) is 34.9 Å². The molecular weight excluding hydrogens is 226 g/mol. The molecule has 1 aromatic carbocycles. The Kier molecular flexibility index (Phi) is 4.12. The smallest absolute Gasteiger partial charge is 0.138 e. The van der Waals surface area contributed by atoms with E-state index in [1.165, 1.54) is 0 Å². The van der Waals surface area contributed by atoms with Gasteiger partial charge in [-0.15, -0.1) is 0 Å². The van der Waals surface area contributed by atoms with Gasteiger partial charge in [-0.2, -0.15) is 0 Å². The van der Waals surface area contributed by atoms with Crippen molar-refractivity contribution in [2.45, 2.75) is 26.4 Å². The van der Waals surface area contributed by atoms with Gasteiger partial charge in [-0.25, -0.2) is 0 Å². The van der Waals surface area contributed by atoms with E-state index in [4.69, 9.17) is 10.3 Å². The number of hydrogen-bond donors (Lipinski definition) is 2. The summed E-state index contributed by atoms with van der Waals surface area (Å²) in [6, 6.07) is 10.1. The third kappa shape index (κ3) is 2.97. The molecule has 96 valence electrons. The van der Waals surface area contributed by atoms with E-state index in [0.717, 1.165) is 35.7 Å². The molecule has 0 aliphatic carbocycles. The molecule has 1 aromatic heterocycles. The monoisotopic (exact) mass is 245 g/mol. The summed E-state index contributed by atoms with van der Waals surface area (Å²) in [5, 5.41) is 7.27. The normalized spacial score (nSPS) is 12.6. The highest BCUT2D eigenvalue weighted by molar-refractivity contribution is 5.21. The van der Waals surface area contributed by atoms with Gasteiger partial charge < -0.3 is 15.6 Å². The van der Waals surface area contributed by atoms with Gasteiger partial charge in [0.05, 0.1) is 5.69 Å². The van der Waals surface area contributed by atoms with Gasteiger partial charge in [-0.3, -0.25) is 0 Å². The van der Waals surface area contributed by atoms with Crippen LogP contribution >= 0.6 is 0 Å². The summed E-state index contributed by atoms with van der Waals surface area (Å²) in [7, 11) is 0. The Balaban J connectivity index is 1.86. The van der Waals surface area contributed by atoms with Crippen molar-refractivity contribution in [2.75, 3.05) is 6.54 Å². The van der Waals surface area contributed by atoms with Crippen molar-refractivity contribution in [3.05, 3.63) is 52.9 Å². The average Bonchev–Trinajstić information content (AvgIpc) is 2.71. The first-order valence-electron chi connectivity index (χ1n) is 6.11. The molecule has 2 aromatic rings. The summed E-state index contributed by atoms with van der Waals surface area (Å²) in [5.74, 6) is 0.869. The number of nitrogens with one attached hydrogen (secondary N) is 1. The van der Waals surface area contributed by atoms with E-state index >= 15 is 0 Å². The molecule has 1 unspecified atom stereocenters. The Hall–Kier alpha value is -1.65. The number of nitrogens with zero attached hydrogens (tertiary/aromatic N) is 1. The Morgan fingerprint density at radius 2 is 2.00 bits per heavy atom. The molecule has 1 atom stereocenters. The van der Waals surface area contributed by atoms with Crippen LogP contribution in [0.1, 0.15) is 28.6 Å². The number of rotatable bonds is 5. The predicted octanol–water partition coefficient (Wildman–Crippen LogP) is 2.08. The minimum Gasteiger partial charge on any atom is -0.361 e. The molecule has 4 nitrogen and oxygen atoms in total. The second-order valence-corrected chi connectivity index (χ2v) is 4.45. The van der Waals surface area contributed by atoms with Crippen LogP contribution in [0.25, 0.3) is 0 Å². The molecule has 1 heterocycles. The highest BCUT2D eigenvalue weighted by Gasteiger charge is 2.09. The molecule has 0 saturated carbocycles. The third-order valence-electron chi connectivity index (χ3n) is 3.07. The quantitative estimate of drug-likeness (QED) is 0.846. The van der Waals surface area contributed by atoms with E-state index in [0.29, 0.717) is 0 Å². The lowest BCUT2D eigenvalue weighted by molar-refractivity contribution is 0.391. The van der Waals surface area contributed by atoms with Crippen LogP contribution in [-0.4, -0.2) is 11.7 Å². The first-order chi connectivity index (χ1) is 8.68. The van der Waals surface area contributed by atoms with Gasteiger partial charge in [0.1, 0.15) is 5.76 Å². The Morgan fingerprint density at radius 1 is 1.28 bits per heavy atom. The van der Waals surface area contributed by atoms with Gasteiger partial charge in [-0.05, 0) is 19.4 Å². The lowest BCUT2D eigenvalue weighted by Gasteiger charge is -2.12. The molecule has 2 rings (SSSR count). The van der Waals surface area contributed by atoms with E-state index in [9.17, 15) is 0 Å². The predicted molar refractivity (Wildman–Crippen MR) is 71.1 cm³/mol. The topological polar surface area (TPSA) is 64.1 Å². The van der Waals surface area contributed by atoms with Crippen LogP contribution < -0.4 is 11.1 Å². The number of hydrogen-bond acceptors (Lipinski definition) is 4. The largest absolute Gasteiger partial charge is 0.361 e. The molecule has 18 heavy (non-hydrogen) atoms. The summed E-state index contributed by atoms with van der Waals surface area (Å²) < 4.78 is 5.12. The van der Waals surface area contributed by atoms with Crippen LogP contribution in [0.3, 0.4) is 0 Å². The Labute approximate surface area is 107 Å². The first kappa shape index (κ1) is 12.8. The highest BCUT2D eigenvalue weighted by atomic mass is 16.5. The molecule has 0 spiro atoms. The third-order valence-corrected chi connectivity index (χ3v) is 3.07. The zero-order valence-electron chi connectivity index (χ0n) is 10.8. The number of aryl methyl sites for hydroxylation is 2. The van der Waals surface area contributed by atoms with Crippen molar-refractivity contribution >= 4 is 0 Å². The van der Waals surface area contributed by atoms with Crippen LogP contribution in [0.4, 0.5) is 0 Å². The second-order valence-electron chi connectivity index (χ2n) is 4.45. The maximum absolute atomic E-state index is 6.11. The van der Waals surface area contributed by atoms with E-state index in [1.54, 1.807) is 0 Å². The van der Waals surface area contributed by atoms with Crippen LogP contribution in [0.5, 0.6) is 0 Å². The fourth-order valence-corrected chi connectivity index (χ4v) is 1.93. The first-order valence-corrected chi connectivity index (χ1v) is 6.11. The van der Waals surface area contributed by atoms with Gasteiger partial charge in [0.15, 0.2) is 0 Å². The molecule has 0 bridgehead atoms. The van der Waals surface area contributed by atoms with E-state index in [1.807, 2.05) is 44.2 Å². The maximum Gasteiger partial charge on any atom is 0.138 e. The van der Waals surface area contributed by atoms with Crippen molar-refractivity contribution in [1.82, 2.24) is 10.5 Å². The number of nitrogens with two attached hydrogens (primary N) is 1. The van der Waals surface area contributed by atoms with Crippen molar-refractivity contribution in [3.63, 3.8) is 0 Å². The molecule has 0 aliphatic rings. The van der Waals surface area contributed by atoms with Gasteiger partial charge >= 0.3 is 0 Å². The van der Waals surface area contributed by atoms with Gasteiger partial charge in [0.2, 0.25) is 0 Å². The van der Waals surface area contributed by atoms with Crippen molar-refractivity contribution in [1.29, 1.82) is 0 Å². The van der Waals surface area contributed by atoms with Crippen LogP contribution in [0, 0.1) is 13.8 Å². The maximum atomic E-state index is 6.11. The summed E-state index contributed by atoms with van der Waals surface area (Å²) in [4.78, 5) is 0. The summed E-state index contributed by atoms with van der Waals surface area (Å²) >= 11 is 0. The molecule has 0 aliphatic heterocycles. The number of aromatic nitrogens is 1. The Morgan fingerprint density at radius 3 is 2.61 bits per heavy atom. The van der Waals surface area contributed by atoms with Crippen molar-refractivity contribution < 1.29 is 4.52 Å². The van der Waals surface area contributed by atoms with Gasteiger partial charge in [0, 0.05) is 24.7 Å². The fraction of sp³-hybridized carbons (Fsp3) is 0.357. The van der Waals surface area contributed by atoms with E-state index in [-0.39, 0.29) is 6.04 Å². The molecule has 0 radical (unpaired) electrons. The molecular formula is C14H19N3O. The summed E-state index contributed by atoms with van der Waals surface area (Å²) in [6.07, 6.45) is 0. The van der Waals surface area contributed by atoms with E-state index < -0.39 is 0 Å². The standard InChI is InChI=1S/C14H19N3O/c1-10-13(11(2)18-17-10)8-16-9-14(15)12-6-4-3-5-7-12/h3-7,14,16H,8-9,15H2,1-2H3. The minimum atomic E-state index is 0.00618.